The van der Waals surface area contributed by atoms with Gasteiger partial charge < -0.3 is 0 Å². The summed E-state index contributed by atoms with van der Waals surface area (Å²) >= 11 is 0. The van der Waals surface area contributed by atoms with Crippen molar-refractivity contribution in [3.63, 3.8) is 0 Å². The first-order chi connectivity index (χ1) is 5.71. The second-order valence-corrected chi connectivity index (χ2v) is 4.84. The number of carbonyl (C=O) groups is 1. The lowest BCUT2D eigenvalue weighted by Crippen LogP contribution is -2.36. The van der Waals surface area contributed by atoms with Crippen molar-refractivity contribution in [2.75, 3.05) is 0 Å². The molecule has 0 heterocycles. The van der Waals surface area contributed by atoms with Gasteiger partial charge in [0.25, 0.3) is 0 Å². The molecule has 2 aliphatic rings. The molecule has 1 nitrogen and oxygen atoms in total. The zero-order valence-corrected chi connectivity index (χ0v) is 7.94. The zero-order valence-electron chi connectivity index (χ0n) is 7.94. The van der Waals surface area contributed by atoms with E-state index in [2.05, 4.69) is 6.92 Å². The van der Waals surface area contributed by atoms with Gasteiger partial charge in [-0.1, -0.05) is 19.8 Å². The molecule has 0 aromatic rings. The molecular weight excluding hydrogens is 148 g/mol. The maximum Gasteiger partial charge on any atom is 0.133 e. The SMILES string of the molecule is C[C@@]12CCCC[C@@H]1CC(=O)CC2. The lowest BCUT2D eigenvalue weighted by Gasteiger charge is -2.44. The standard InChI is InChI=1S/C11H18O/c1-11-6-3-2-4-9(11)8-10(12)5-7-11/h9H,2-8H2,1H3/t9-,11+/m1/s1. The summed E-state index contributed by atoms with van der Waals surface area (Å²) in [7, 11) is 0. The second kappa shape index (κ2) is 2.86. The van der Waals surface area contributed by atoms with Gasteiger partial charge in [0.15, 0.2) is 0 Å². The van der Waals surface area contributed by atoms with E-state index in [1.807, 2.05) is 0 Å². The van der Waals surface area contributed by atoms with Gasteiger partial charge in [0.1, 0.15) is 5.78 Å². The molecule has 0 unspecified atom stereocenters. The van der Waals surface area contributed by atoms with Crippen LogP contribution in [0.5, 0.6) is 0 Å². The van der Waals surface area contributed by atoms with E-state index < -0.39 is 0 Å². The van der Waals surface area contributed by atoms with Crippen LogP contribution in [0.1, 0.15) is 51.9 Å². The third-order valence-corrected chi connectivity index (χ3v) is 3.99. The van der Waals surface area contributed by atoms with Crippen molar-refractivity contribution in [3.8, 4) is 0 Å². The molecule has 0 spiro atoms. The molecule has 1 heteroatoms. The van der Waals surface area contributed by atoms with Gasteiger partial charge in [-0.25, -0.2) is 0 Å². The monoisotopic (exact) mass is 166 g/mol. The third-order valence-electron chi connectivity index (χ3n) is 3.99. The van der Waals surface area contributed by atoms with Crippen LogP contribution in [0, 0.1) is 11.3 Å². The molecule has 0 aromatic heterocycles. The fraction of sp³-hybridized carbons (Fsp3) is 0.909. The Bertz CT molecular complexity index is 197. The molecule has 2 atom stereocenters. The number of Topliss-reactive ketones (excluding diaryl/α,β-unsaturated/α-hetero) is 1. The van der Waals surface area contributed by atoms with Crippen LogP contribution in [0.4, 0.5) is 0 Å². The molecule has 0 radical (unpaired) electrons. The fourth-order valence-corrected chi connectivity index (χ4v) is 2.95. The van der Waals surface area contributed by atoms with Crippen LogP contribution in [-0.2, 0) is 4.79 Å². The first-order valence-electron chi connectivity index (χ1n) is 5.22. The van der Waals surface area contributed by atoms with Crippen LogP contribution in [0.15, 0.2) is 0 Å². The Balaban J connectivity index is 2.11. The van der Waals surface area contributed by atoms with Crippen molar-refractivity contribution in [1.29, 1.82) is 0 Å². The summed E-state index contributed by atoms with van der Waals surface area (Å²) in [4.78, 5) is 11.3. The van der Waals surface area contributed by atoms with Crippen molar-refractivity contribution in [3.05, 3.63) is 0 Å². The lowest BCUT2D eigenvalue weighted by molar-refractivity contribution is -0.125. The van der Waals surface area contributed by atoms with E-state index in [0.717, 1.165) is 25.2 Å². The maximum atomic E-state index is 11.3. The van der Waals surface area contributed by atoms with E-state index in [-0.39, 0.29) is 0 Å². The van der Waals surface area contributed by atoms with E-state index in [1.54, 1.807) is 0 Å². The molecule has 0 bridgehead atoms. The van der Waals surface area contributed by atoms with Crippen LogP contribution >= 0.6 is 0 Å². The van der Waals surface area contributed by atoms with Crippen molar-refractivity contribution in [2.45, 2.75) is 51.9 Å². The van der Waals surface area contributed by atoms with Crippen LogP contribution in [0.2, 0.25) is 0 Å². The first-order valence-corrected chi connectivity index (χ1v) is 5.22. The Hall–Kier alpha value is -0.330. The summed E-state index contributed by atoms with van der Waals surface area (Å²) in [6.45, 7) is 2.39. The van der Waals surface area contributed by atoms with Gasteiger partial charge in [-0.15, -0.1) is 0 Å². The molecule has 0 aromatic carbocycles. The van der Waals surface area contributed by atoms with E-state index in [1.165, 1.54) is 25.7 Å². The molecule has 0 N–H and O–H groups in total. The molecule has 12 heavy (non-hydrogen) atoms. The molecule has 2 fully saturated rings. The fourth-order valence-electron chi connectivity index (χ4n) is 2.95. The van der Waals surface area contributed by atoms with Crippen molar-refractivity contribution >= 4 is 5.78 Å². The van der Waals surface area contributed by atoms with Gasteiger partial charge in [0.2, 0.25) is 0 Å². The van der Waals surface area contributed by atoms with Crippen LogP contribution in [0.3, 0.4) is 0 Å². The summed E-state index contributed by atoms with van der Waals surface area (Å²) in [5.41, 5.74) is 0.534. The Labute approximate surface area is 74.5 Å². The molecular formula is C11H18O. The highest BCUT2D eigenvalue weighted by Crippen LogP contribution is 2.48. The van der Waals surface area contributed by atoms with Gasteiger partial charge in [0, 0.05) is 12.8 Å². The summed E-state index contributed by atoms with van der Waals surface area (Å²) < 4.78 is 0. The Morgan fingerprint density at radius 3 is 3.00 bits per heavy atom. The Morgan fingerprint density at radius 2 is 2.17 bits per heavy atom. The molecule has 0 saturated heterocycles. The van der Waals surface area contributed by atoms with E-state index in [4.69, 9.17) is 0 Å². The maximum absolute atomic E-state index is 11.3. The number of fused-ring (bicyclic) bond motifs is 1. The molecule has 0 aliphatic heterocycles. The average Bonchev–Trinajstić information content (AvgIpc) is 2.06. The number of hydrogen-bond donors (Lipinski definition) is 0. The van der Waals surface area contributed by atoms with Gasteiger partial charge in [-0.3, -0.25) is 4.79 Å². The van der Waals surface area contributed by atoms with Gasteiger partial charge >= 0.3 is 0 Å². The molecule has 68 valence electrons. The number of rotatable bonds is 0. The predicted octanol–water partition coefficient (Wildman–Crippen LogP) is 2.94. The Morgan fingerprint density at radius 1 is 1.33 bits per heavy atom. The summed E-state index contributed by atoms with van der Waals surface area (Å²) in [5.74, 6) is 1.24. The highest BCUT2D eigenvalue weighted by atomic mass is 16.1. The molecule has 2 aliphatic carbocycles. The normalized spacial score (nSPS) is 42.4. The van der Waals surface area contributed by atoms with Crippen LogP contribution in [0.25, 0.3) is 0 Å². The van der Waals surface area contributed by atoms with Crippen LogP contribution < -0.4 is 0 Å². The minimum atomic E-state index is 0.513. The topological polar surface area (TPSA) is 17.1 Å². The van der Waals surface area contributed by atoms with Gasteiger partial charge in [-0.2, -0.15) is 0 Å². The summed E-state index contributed by atoms with van der Waals surface area (Å²) in [5, 5.41) is 0. The summed E-state index contributed by atoms with van der Waals surface area (Å²) in [6.07, 6.45) is 8.32. The van der Waals surface area contributed by atoms with Gasteiger partial charge in [-0.05, 0) is 30.6 Å². The number of hydrogen-bond acceptors (Lipinski definition) is 1. The minimum absolute atomic E-state index is 0.513. The number of ketones is 1. The lowest BCUT2D eigenvalue weighted by atomic mass is 9.60. The average molecular weight is 166 g/mol. The zero-order chi connectivity index (χ0) is 8.60. The number of carbonyl (C=O) groups excluding carboxylic acids is 1. The van der Waals surface area contributed by atoms with Crippen molar-refractivity contribution < 1.29 is 4.79 Å². The van der Waals surface area contributed by atoms with Gasteiger partial charge in [0.05, 0.1) is 0 Å². The van der Waals surface area contributed by atoms with E-state index in [9.17, 15) is 4.79 Å². The molecule has 0 amide bonds. The third kappa shape index (κ3) is 1.30. The first kappa shape index (κ1) is 8.28. The van der Waals surface area contributed by atoms with Crippen molar-refractivity contribution in [2.24, 2.45) is 11.3 Å². The quantitative estimate of drug-likeness (QED) is 0.540. The molecule has 2 rings (SSSR count). The summed E-state index contributed by atoms with van der Waals surface area (Å²) in [6, 6.07) is 0. The predicted molar refractivity (Wildman–Crippen MR) is 48.9 cm³/mol. The van der Waals surface area contributed by atoms with E-state index >= 15 is 0 Å². The smallest absolute Gasteiger partial charge is 0.133 e. The van der Waals surface area contributed by atoms with Crippen LogP contribution in [-0.4, -0.2) is 5.78 Å². The molecule has 2 saturated carbocycles. The highest BCUT2D eigenvalue weighted by molar-refractivity contribution is 5.79. The highest BCUT2D eigenvalue weighted by Gasteiger charge is 2.40. The van der Waals surface area contributed by atoms with E-state index in [0.29, 0.717) is 11.2 Å². The second-order valence-electron chi connectivity index (χ2n) is 4.84. The largest absolute Gasteiger partial charge is 0.300 e. The Kier molecular flexibility index (Phi) is 1.97. The van der Waals surface area contributed by atoms with Crippen molar-refractivity contribution in [1.82, 2.24) is 0 Å². The minimum Gasteiger partial charge on any atom is -0.300 e.